The van der Waals surface area contributed by atoms with E-state index in [0.29, 0.717) is 6.29 Å². The van der Waals surface area contributed by atoms with Crippen molar-refractivity contribution in [1.82, 2.24) is 4.90 Å². The van der Waals surface area contributed by atoms with Crippen LogP contribution in [-0.2, 0) is 4.79 Å². The standard InChI is InChI=1S/C10H13NO.C9H19N/c1-3-4-5-9(2)6-10(7-11)8-12;1-8(2)9-4-6-10(3)7-5-9/h3,6,8-9H,1,4-5H2,2H3;8-9H,4-7H2,1-3H3/b10-6+;. The molecule has 1 unspecified atom stereocenters. The van der Waals surface area contributed by atoms with Crippen LogP contribution in [0.15, 0.2) is 24.3 Å². The molecule has 0 bridgehead atoms. The predicted octanol–water partition coefficient (Wildman–Crippen LogP) is 4.22. The number of rotatable bonds is 6. The summed E-state index contributed by atoms with van der Waals surface area (Å²) in [6.07, 6.45) is 8.78. The molecule has 1 rings (SSSR count). The van der Waals surface area contributed by atoms with E-state index in [9.17, 15) is 4.79 Å². The van der Waals surface area contributed by atoms with E-state index in [2.05, 4.69) is 32.4 Å². The van der Waals surface area contributed by atoms with E-state index in [1.165, 1.54) is 25.9 Å². The highest BCUT2D eigenvalue weighted by Crippen LogP contribution is 2.23. The molecule has 1 atom stereocenters. The molecule has 0 aromatic heterocycles. The molecule has 1 aliphatic heterocycles. The van der Waals surface area contributed by atoms with Gasteiger partial charge in [0, 0.05) is 0 Å². The number of nitrogens with zero attached hydrogens (tertiary/aromatic N) is 2. The fraction of sp³-hybridized carbons (Fsp3) is 0.684. The number of aldehydes is 1. The van der Waals surface area contributed by atoms with Crippen molar-refractivity contribution >= 4 is 6.29 Å². The smallest absolute Gasteiger partial charge is 0.160 e. The van der Waals surface area contributed by atoms with Gasteiger partial charge < -0.3 is 4.90 Å². The second kappa shape index (κ2) is 12.2. The second-order valence-electron chi connectivity index (χ2n) is 6.58. The number of nitriles is 1. The molecule has 0 saturated carbocycles. The maximum Gasteiger partial charge on any atom is 0.160 e. The van der Waals surface area contributed by atoms with Crippen LogP contribution < -0.4 is 0 Å². The fourth-order valence-electron chi connectivity index (χ4n) is 2.57. The molecule has 0 spiro atoms. The molecule has 0 aromatic carbocycles. The van der Waals surface area contributed by atoms with Crippen molar-refractivity contribution in [1.29, 1.82) is 5.26 Å². The molecule has 0 aliphatic carbocycles. The normalized spacial score (nSPS) is 18.1. The molecule has 1 saturated heterocycles. The second-order valence-corrected chi connectivity index (χ2v) is 6.58. The maximum atomic E-state index is 10.2. The fourth-order valence-corrected chi connectivity index (χ4v) is 2.57. The summed E-state index contributed by atoms with van der Waals surface area (Å²) in [7, 11) is 2.22. The lowest BCUT2D eigenvalue weighted by molar-refractivity contribution is -0.104. The highest BCUT2D eigenvalue weighted by Gasteiger charge is 2.18. The summed E-state index contributed by atoms with van der Waals surface area (Å²) >= 11 is 0. The average molecular weight is 304 g/mol. The summed E-state index contributed by atoms with van der Waals surface area (Å²) in [5.74, 6) is 2.16. The quantitative estimate of drug-likeness (QED) is 0.319. The molecule has 22 heavy (non-hydrogen) atoms. The van der Waals surface area contributed by atoms with E-state index < -0.39 is 0 Å². The summed E-state index contributed by atoms with van der Waals surface area (Å²) in [6.45, 7) is 12.9. The molecule has 1 fully saturated rings. The highest BCUT2D eigenvalue weighted by atomic mass is 16.1. The monoisotopic (exact) mass is 304 g/mol. The van der Waals surface area contributed by atoms with Crippen LogP contribution in [0, 0.1) is 29.1 Å². The van der Waals surface area contributed by atoms with Crippen molar-refractivity contribution in [2.24, 2.45) is 17.8 Å². The maximum absolute atomic E-state index is 10.2. The Labute approximate surface area is 136 Å². The molecule has 124 valence electrons. The van der Waals surface area contributed by atoms with Crippen LogP contribution in [0.1, 0.15) is 46.5 Å². The first-order chi connectivity index (χ1) is 10.4. The molecule has 0 N–H and O–H groups in total. The first kappa shape index (κ1) is 20.6. The third-order valence-electron chi connectivity index (χ3n) is 4.25. The van der Waals surface area contributed by atoms with E-state index in [-0.39, 0.29) is 11.5 Å². The zero-order valence-corrected chi connectivity index (χ0v) is 14.7. The van der Waals surface area contributed by atoms with Crippen LogP contribution in [0.5, 0.6) is 0 Å². The lowest BCUT2D eigenvalue weighted by Gasteiger charge is -2.31. The molecule has 0 radical (unpaired) electrons. The minimum atomic E-state index is 0.214. The van der Waals surface area contributed by atoms with Gasteiger partial charge in [0.25, 0.3) is 0 Å². The van der Waals surface area contributed by atoms with Gasteiger partial charge in [-0.15, -0.1) is 6.58 Å². The summed E-state index contributed by atoms with van der Waals surface area (Å²) in [6, 6.07) is 1.83. The third-order valence-corrected chi connectivity index (χ3v) is 4.25. The average Bonchev–Trinajstić information content (AvgIpc) is 2.51. The van der Waals surface area contributed by atoms with Crippen molar-refractivity contribution < 1.29 is 4.79 Å². The summed E-state index contributed by atoms with van der Waals surface area (Å²) in [5.41, 5.74) is 0.214. The molecule has 3 heteroatoms. The summed E-state index contributed by atoms with van der Waals surface area (Å²) < 4.78 is 0. The Bertz CT molecular complexity index is 385. The van der Waals surface area contributed by atoms with Gasteiger partial charge in [0.2, 0.25) is 0 Å². The number of hydrogen-bond donors (Lipinski definition) is 0. The van der Waals surface area contributed by atoms with E-state index in [1.54, 1.807) is 6.08 Å². The number of hydrogen-bond acceptors (Lipinski definition) is 3. The van der Waals surface area contributed by atoms with Gasteiger partial charge in [-0.3, -0.25) is 4.79 Å². The highest BCUT2D eigenvalue weighted by molar-refractivity contribution is 5.78. The molecule has 1 aliphatic rings. The molecular formula is C19H32N2O. The van der Waals surface area contributed by atoms with Gasteiger partial charge in [-0.1, -0.05) is 32.9 Å². The Morgan fingerprint density at radius 2 is 1.95 bits per heavy atom. The Hall–Kier alpha value is -1.40. The van der Waals surface area contributed by atoms with Gasteiger partial charge in [0.1, 0.15) is 6.07 Å². The van der Waals surface area contributed by atoms with Gasteiger partial charge in [0.05, 0.1) is 5.57 Å². The molecule has 3 nitrogen and oxygen atoms in total. The SMILES string of the molecule is C=CCCC(C)/C=C(\C#N)C=O.CC(C)C1CCN(C)CC1. The number of carbonyl (C=O) groups excluding carboxylic acids is 1. The van der Waals surface area contributed by atoms with Crippen LogP contribution in [0.25, 0.3) is 0 Å². The Morgan fingerprint density at radius 1 is 1.36 bits per heavy atom. The summed E-state index contributed by atoms with van der Waals surface area (Å²) in [4.78, 5) is 12.7. The number of likely N-dealkylation sites (tertiary alicyclic amines) is 1. The summed E-state index contributed by atoms with van der Waals surface area (Å²) in [5, 5.41) is 8.43. The molecular weight excluding hydrogens is 272 g/mol. The van der Waals surface area contributed by atoms with E-state index >= 15 is 0 Å². The van der Waals surface area contributed by atoms with E-state index in [1.807, 2.05) is 19.1 Å². The Morgan fingerprint density at radius 3 is 2.36 bits per heavy atom. The topological polar surface area (TPSA) is 44.1 Å². The Kier molecular flexibility index (Phi) is 11.4. The van der Waals surface area contributed by atoms with Crippen molar-refractivity contribution in [3.8, 4) is 6.07 Å². The van der Waals surface area contributed by atoms with Crippen molar-refractivity contribution in [2.75, 3.05) is 20.1 Å². The van der Waals surface area contributed by atoms with E-state index in [4.69, 9.17) is 5.26 Å². The van der Waals surface area contributed by atoms with Gasteiger partial charge in [-0.05, 0) is 63.6 Å². The first-order valence-electron chi connectivity index (χ1n) is 8.31. The van der Waals surface area contributed by atoms with Crippen molar-refractivity contribution in [3.05, 3.63) is 24.3 Å². The van der Waals surface area contributed by atoms with Crippen molar-refractivity contribution in [3.63, 3.8) is 0 Å². The number of piperidine rings is 1. The number of allylic oxidation sites excluding steroid dienone is 3. The minimum absolute atomic E-state index is 0.214. The zero-order valence-electron chi connectivity index (χ0n) is 14.7. The van der Waals surface area contributed by atoms with E-state index in [0.717, 1.165) is 24.7 Å². The zero-order chi connectivity index (χ0) is 17.0. The van der Waals surface area contributed by atoms with Crippen LogP contribution in [0.2, 0.25) is 0 Å². The lowest BCUT2D eigenvalue weighted by atomic mass is 9.87. The van der Waals surface area contributed by atoms with Crippen LogP contribution in [0.4, 0.5) is 0 Å². The predicted molar refractivity (Wildman–Crippen MR) is 93.4 cm³/mol. The number of carbonyl (C=O) groups is 1. The largest absolute Gasteiger partial charge is 0.306 e. The van der Waals surface area contributed by atoms with Crippen LogP contribution >= 0.6 is 0 Å². The van der Waals surface area contributed by atoms with Crippen LogP contribution in [0.3, 0.4) is 0 Å². The van der Waals surface area contributed by atoms with Crippen molar-refractivity contribution in [2.45, 2.75) is 46.5 Å². The third kappa shape index (κ3) is 9.52. The molecule has 0 aromatic rings. The molecule has 0 amide bonds. The van der Waals surface area contributed by atoms with Gasteiger partial charge >= 0.3 is 0 Å². The lowest BCUT2D eigenvalue weighted by Crippen LogP contribution is -2.32. The van der Waals surface area contributed by atoms with Gasteiger partial charge in [-0.25, -0.2) is 0 Å². The van der Waals surface area contributed by atoms with Gasteiger partial charge in [0.15, 0.2) is 6.29 Å². The van der Waals surface area contributed by atoms with Gasteiger partial charge in [-0.2, -0.15) is 5.26 Å². The minimum Gasteiger partial charge on any atom is -0.306 e. The molecule has 1 heterocycles. The Balaban J connectivity index is 0.000000406. The van der Waals surface area contributed by atoms with Crippen LogP contribution in [-0.4, -0.2) is 31.3 Å². The first-order valence-corrected chi connectivity index (χ1v) is 8.31.